The van der Waals surface area contributed by atoms with Crippen LogP contribution in [0.1, 0.15) is 64.9 Å². The number of carbonyl (C=O) groups excluding carboxylic acids is 2. The van der Waals surface area contributed by atoms with Crippen molar-refractivity contribution in [1.29, 1.82) is 0 Å². The van der Waals surface area contributed by atoms with Crippen molar-refractivity contribution in [3.63, 3.8) is 0 Å². The van der Waals surface area contributed by atoms with Gasteiger partial charge in [-0.1, -0.05) is 0 Å². The molecule has 0 atom stereocenters. The fraction of sp³-hybridized carbons (Fsp3) is 0.481. The van der Waals surface area contributed by atoms with E-state index in [4.69, 9.17) is 15.2 Å². The first-order valence-electron chi connectivity index (χ1n) is 13.2. The summed E-state index contributed by atoms with van der Waals surface area (Å²) in [6.07, 6.45) is -6.75. The van der Waals surface area contributed by atoms with E-state index in [0.29, 0.717) is 25.7 Å². The molecular weight excluding hydrogens is 572 g/mol. The van der Waals surface area contributed by atoms with E-state index in [9.17, 15) is 35.9 Å². The second-order valence-corrected chi connectivity index (χ2v) is 10.8. The highest BCUT2D eigenvalue weighted by Gasteiger charge is 2.54. The third-order valence-electron chi connectivity index (χ3n) is 7.60. The molecule has 2 fully saturated rings. The van der Waals surface area contributed by atoms with E-state index in [1.165, 1.54) is 30.6 Å². The molecule has 5 rings (SSSR count). The third-order valence-corrected chi connectivity index (χ3v) is 7.60. The molecule has 0 aliphatic heterocycles. The monoisotopic (exact) mass is 599 g/mol. The Hall–Kier alpha value is -4.04. The van der Waals surface area contributed by atoms with Gasteiger partial charge in [0.1, 0.15) is 17.4 Å². The Labute approximate surface area is 235 Å². The first kappa shape index (κ1) is 29.5. The zero-order valence-corrected chi connectivity index (χ0v) is 22.1. The van der Waals surface area contributed by atoms with Crippen molar-refractivity contribution in [1.82, 2.24) is 19.9 Å². The number of halogens is 6. The summed E-state index contributed by atoms with van der Waals surface area (Å²) in [5.41, 5.74) is 5.80. The van der Waals surface area contributed by atoms with Crippen LogP contribution in [0.2, 0.25) is 0 Å². The molecule has 2 saturated carbocycles. The molecule has 0 saturated heterocycles. The first-order valence-corrected chi connectivity index (χ1v) is 13.2. The van der Waals surface area contributed by atoms with Crippen LogP contribution in [0.3, 0.4) is 0 Å². The van der Waals surface area contributed by atoms with Crippen LogP contribution in [0.4, 0.5) is 26.3 Å². The van der Waals surface area contributed by atoms with Gasteiger partial charge < -0.3 is 20.5 Å². The molecule has 42 heavy (non-hydrogen) atoms. The largest absolute Gasteiger partial charge is 0.491 e. The summed E-state index contributed by atoms with van der Waals surface area (Å²) in [5, 5.41) is 6.99. The number of fused-ring (bicyclic) bond motifs is 1. The van der Waals surface area contributed by atoms with E-state index in [1.807, 2.05) is 0 Å². The van der Waals surface area contributed by atoms with Gasteiger partial charge in [-0.15, -0.1) is 0 Å². The fourth-order valence-corrected chi connectivity index (χ4v) is 5.66. The number of aryl methyl sites for hydroxylation is 1. The Kier molecular flexibility index (Phi) is 7.70. The second kappa shape index (κ2) is 11.0. The molecule has 226 valence electrons. The van der Waals surface area contributed by atoms with E-state index < -0.39 is 50.0 Å². The van der Waals surface area contributed by atoms with E-state index >= 15 is 0 Å². The van der Waals surface area contributed by atoms with Crippen LogP contribution in [0, 0.1) is 5.41 Å². The average Bonchev–Trinajstić information content (AvgIpc) is 3.28. The minimum Gasteiger partial charge on any atom is -0.491 e. The van der Waals surface area contributed by atoms with Gasteiger partial charge in [-0.05, 0) is 55.4 Å². The molecule has 0 unspecified atom stereocenters. The van der Waals surface area contributed by atoms with Crippen LogP contribution in [-0.4, -0.2) is 57.5 Å². The Balaban J connectivity index is 1.21. The van der Waals surface area contributed by atoms with Crippen LogP contribution >= 0.6 is 0 Å². The molecule has 2 aliphatic carbocycles. The number of alkyl halides is 6. The lowest BCUT2D eigenvalue weighted by molar-refractivity contribution is -0.139. The van der Waals surface area contributed by atoms with Gasteiger partial charge in [-0.2, -0.15) is 31.4 Å². The maximum absolute atomic E-state index is 13.1. The lowest BCUT2D eigenvalue weighted by Gasteiger charge is -2.57. The zero-order valence-electron chi connectivity index (χ0n) is 22.1. The molecule has 0 aromatic carbocycles. The fourth-order valence-electron chi connectivity index (χ4n) is 5.66. The minimum atomic E-state index is -4.52. The number of rotatable bonds is 10. The van der Waals surface area contributed by atoms with Crippen LogP contribution in [0.25, 0.3) is 5.52 Å². The minimum absolute atomic E-state index is 0.0151. The van der Waals surface area contributed by atoms with Gasteiger partial charge in [0.15, 0.2) is 0 Å². The van der Waals surface area contributed by atoms with Crippen molar-refractivity contribution < 1.29 is 45.4 Å². The van der Waals surface area contributed by atoms with Gasteiger partial charge in [-0.25, -0.2) is 9.50 Å². The van der Waals surface area contributed by atoms with Crippen molar-refractivity contribution in [2.75, 3.05) is 6.61 Å². The number of amides is 2. The number of nitrogens with zero attached hydrogens (tertiary/aromatic N) is 3. The van der Waals surface area contributed by atoms with Gasteiger partial charge in [0, 0.05) is 25.1 Å². The molecule has 15 heteroatoms. The normalized spacial score (nSPS) is 22.0. The molecule has 9 nitrogen and oxygen atoms in total. The topological polar surface area (TPSA) is 121 Å². The molecule has 1 spiro atoms. The van der Waals surface area contributed by atoms with Gasteiger partial charge in [0.2, 0.25) is 5.88 Å². The Morgan fingerprint density at radius 3 is 2.40 bits per heavy atom. The zero-order chi connectivity index (χ0) is 30.3. The van der Waals surface area contributed by atoms with Gasteiger partial charge in [0.25, 0.3) is 11.8 Å². The number of ether oxygens (including phenoxy) is 2. The predicted molar refractivity (Wildman–Crippen MR) is 135 cm³/mol. The SMILES string of the molecule is NC(=O)c1cccnc1OC1CC2(CC(NC(=O)c3cnn4c(CCC(F)(F)F)c(OCCC(F)(F)F)ccc34)C2)C1. The number of carbonyl (C=O) groups is 2. The average molecular weight is 600 g/mol. The quantitative estimate of drug-likeness (QED) is 0.324. The van der Waals surface area contributed by atoms with Gasteiger partial charge in [0.05, 0.1) is 36.0 Å². The summed E-state index contributed by atoms with van der Waals surface area (Å²) in [7, 11) is 0. The molecule has 2 aliphatic rings. The molecule has 3 heterocycles. The molecule has 3 N–H and O–H groups in total. The van der Waals surface area contributed by atoms with Crippen molar-refractivity contribution >= 4 is 17.3 Å². The molecule has 2 amide bonds. The molecule has 3 aromatic rings. The van der Waals surface area contributed by atoms with Crippen molar-refractivity contribution in [2.24, 2.45) is 11.1 Å². The standard InChI is InChI=1S/C27H27F6N5O4/c28-26(29,30)6-5-20-21(41-9-7-27(31,32)33)4-3-19-18(14-36-38(19)20)23(40)37-15-10-25(11-15)12-16(13-25)42-24-17(22(34)39)2-1-8-35-24/h1-4,8,14-16H,5-7,9-13H2,(H2,34,39)(H,37,40). The Bertz CT molecular complexity index is 1470. The molecule has 3 aromatic heterocycles. The predicted octanol–water partition coefficient (Wildman–Crippen LogP) is 4.77. The van der Waals surface area contributed by atoms with Crippen LogP contribution in [-0.2, 0) is 6.42 Å². The molecule has 0 bridgehead atoms. The summed E-state index contributed by atoms with van der Waals surface area (Å²) in [6.45, 7) is -0.772. The number of primary amides is 1. The number of hydrogen-bond acceptors (Lipinski definition) is 6. The van der Waals surface area contributed by atoms with Crippen molar-refractivity contribution in [2.45, 2.75) is 69.4 Å². The number of nitrogens with one attached hydrogen (secondary N) is 1. The maximum atomic E-state index is 13.1. The van der Waals surface area contributed by atoms with Crippen LogP contribution in [0.5, 0.6) is 11.6 Å². The van der Waals surface area contributed by atoms with E-state index in [-0.39, 0.29) is 51.5 Å². The lowest BCUT2D eigenvalue weighted by Crippen LogP contribution is -2.58. The highest BCUT2D eigenvalue weighted by Crippen LogP contribution is 2.56. The van der Waals surface area contributed by atoms with Crippen LogP contribution in [0.15, 0.2) is 36.7 Å². The summed E-state index contributed by atoms with van der Waals surface area (Å²) in [4.78, 5) is 28.7. The highest BCUT2D eigenvalue weighted by molar-refractivity contribution is 6.01. The first-order chi connectivity index (χ1) is 19.7. The van der Waals surface area contributed by atoms with E-state index in [1.54, 1.807) is 6.07 Å². The summed E-state index contributed by atoms with van der Waals surface area (Å²) in [6, 6.07) is 5.63. The van der Waals surface area contributed by atoms with Gasteiger partial charge >= 0.3 is 12.4 Å². The maximum Gasteiger partial charge on any atom is 0.392 e. The summed E-state index contributed by atoms with van der Waals surface area (Å²) < 4.78 is 88.7. The number of nitrogens with two attached hydrogens (primary N) is 1. The van der Waals surface area contributed by atoms with Crippen LogP contribution < -0.4 is 20.5 Å². The summed E-state index contributed by atoms with van der Waals surface area (Å²) >= 11 is 0. The smallest absolute Gasteiger partial charge is 0.392 e. The van der Waals surface area contributed by atoms with Gasteiger partial charge in [-0.3, -0.25) is 9.59 Å². The number of aromatic nitrogens is 3. The number of hydrogen-bond donors (Lipinski definition) is 2. The Morgan fingerprint density at radius 2 is 1.74 bits per heavy atom. The molecule has 0 radical (unpaired) electrons. The lowest BCUT2D eigenvalue weighted by atomic mass is 9.53. The molecular formula is C27H27F6N5O4. The third kappa shape index (κ3) is 6.54. The van der Waals surface area contributed by atoms with E-state index in [2.05, 4.69) is 15.4 Å². The van der Waals surface area contributed by atoms with Crippen molar-refractivity contribution in [3.8, 4) is 11.6 Å². The Morgan fingerprint density at radius 1 is 1.02 bits per heavy atom. The van der Waals surface area contributed by atoms with Crippen molar-refractivity contribution in [3.05, 3.63) is 53.5 Å². The second-order valence-electron chi connectivity index (χ2n) is 10.8. The summed E-state index contributed by atoms with van der Waals surface area (Å²) in [5.74, 6) is -1.08. The number of pyridine rings is 2. The van der Waals surface area contributed by atoms with E-state index in [0.717, 1.165) is 4.52 Å². The highest BCUT2D eigenvalue weighted by atomic mass is 19.4.